The van der Waals surface area contributed by atoms with E-state index >= 15 is 0 Å². The molecule has 0 bridgehead atoms. The number of nitrogens with zero attached hydrogens (tertiary/aromatic N) is 2. The van der Waals surface area contributed by atoms with E-state index in [1.165, 1.54) is 18.2 Å². The average Bonchev–Trinajstić information content (AvgIpc) is 2.64. The van der Waals surface area contributed by atoms with Gasteiger partial charge in [-0.05, 0) is 36.8 Å². The number of aromatic nitrogens is 1. The van der Waals surface area contributed by atoms with Gasteiger partial charge in [0.05, 0.1) is 12.2 Å². The van der Waals surface area contributed by atoms with E-state index in [0.29, 0.717) is 5.69 Å². The van der Waals surface area contributed by atoms with E-state index < -0.39 is 24.7 Å². The quantitative estimate of drug-likeness (QED) is 0.866. The van der Waals surface area contributed by atoms with Crippen molar-refractivity contribution < 1.29 is 18.0 Å². The Labute approximate surface area is 147 Å². The molecule has 2 aromatic rings. The van der Waals surface area contributed by atoms with Gasteiger partial charge in [-0.1, -0.05) is 17.7 Å². The number of rotatable bonds is 2. The Morgan fingerprint density at radius 1 is 1.32 bits per heavy atom. The molecule has 1 aromatic carbocycles. The molecule has 0 saturated heterocycles. The minimum Gasteiger partial charge on any atom is -0.325 e. The second-order valence-corrected chi connectivity index (χ2v) is 6.39. The number of hydrogen-bond acceptors (Lipinski definition) is 3. The van der Waals surface area contributed by atoms with Gasteiger partial charge in [-0.2, -0.15) is 13.2 Å². The fraction of sp³-hybridized carbons (Fsp3) is 0.294. The fourth-order valence-electron chi connectivity index (χ4n) is 2.87. The highest BCUT2D eigenvalue weighted by molar-refractivity contribution is 6.30. The van der Waals surface area contributed by atoms with E-state index in [1.54, 1.807) is 18.3 Å². The third kappa shape index (κ3) is 3.93. The third-order valence-corrected chi connectivity index (χ3v) is 4.18. The summed E-state index contributed by atoms with van der Waals surface area (Å²) in [7, 11) is 0. The SMILES string of the molecule is Cc1ccc(CN2CC(=O)Nc3ccc(Cl)cc3C2C(F)(F)F)nc1. The van der Waals surface area contributed by atoms with Gasteiger partial charge in [-0.15, -0.1) is 0 Å². The Bertz CT molecular complexity index is 793. The van der Waals surface area contributed by atoms with E-state index in [9.17, 15) is 18.0 Å². The van der Waals surface area contributed by atoms with Crippen LogP contribution in [-0.2, 0) is 11.3 Å². The zero-order valence-electron chi connectivity index (χ0n) is 13.3. The molecule has 3 rings (SSSR count). The maximum atomic E-state index is 13.8. The molecule has 0 aliphatic carbocycles. The molecule has 4 nitrogen and oxygen atoms in total. The number of aryl methyl sites for hydroxylation is 1. The molecule has 8 heteroatoms. The van der Waals surface area contributed by atoms with Gasteiger partial charge in [0.1, 0.15) is 6.04 Å². The van der Waals surface area contributed by atoms with Crippen LogP contribution in [0.1, 0.15) is 22.9 Å². The van der Waals surface area contributed by atoms with Gasteiger partial charge >= 0.3 is 6.18 Å². The molecule has 1 unspecified atom stereocenters. The summed E-state index contributed by atoms with van der Waals surface area (Å²) in [5, 5.41) is 2.70. The number of alkyl halides is 3. The first-order valence-corrected chi connectivity index (χ1v) is 7.93. The number of nitrogens with one attached hydrogen (secondary N) is 1. The molecule has 0 fully saturated rings. The maximum absolute atomic E-state index is 13.8. The second-order valence-electron chi connectivity index (χ2n) is 5.96. The highest BCUT2D eigenvalue weighted by Crippen LogP contribution is 2.43. The number of anilines is 1. The molecule has 1 aliphatic heterocycles. The van der Waals surface area contributed by atoms with Crippen LogP contribution in [0.5, 0.6) is 0 Å². The van der Waals surface area contributed by atoms with Gasteiger partial charge in [0.2, 0.25) is 5.91 Å². The minimum atomic E-state index is -4.57. The predicted octanol–water partition coefficient (Wildman–Crippen LogP) is 4.10. The van der Waals surface area contributed by atoms with Crippen molar-refractivity contribution in [2.24, 2.45) is 0 Å². The summed E-state index contributed by atoms with van der Waals surface area (Å²) in [6.07, 6.45) is -2.99. The smallest absolute Gasteiger partial charge is 0.325 e. The van der Waals surface area contributed by atoms with Gasteiger partial charge in [0, 0.05) is 29.0 Å². The number of carbonyl (C=O) groups is 1. The maximum Gasteiger partial charge on any atom is 0.408 e. The van der Waals surface area contributed by atoms with E-state index in [4.69, 9.17) is 11.6 Å². The first kappa shape index (κ1) is 17.7. The normalized spacial score (nSPS) is 18.4. The Kier molecular flexibility index (Phi) is 4.71. The Morgan fingerprint density at radius 2 is 2.08 bits per heavy atom. The lowest BCUT2D eigenvalue weighted by atomic mass is 10.0. The van der Waals surface area contributed by atoms with Gasteiger partial charge < -0.3 is 5.32 Å². The van der Waals surface area contributed by atoms with Crippen LogP contribution in [0.25, 0.3) is 0 Å². The van der Waals surface area contributed by atoms with Crippen LogP contribution in [-0.4, -0.2) is 28.5 Å². The lowest BCUT2D eigenvalue weighted by Crippen LogP contribution is -2.40. The monoisotopic (exact) mass is 369 g/mol. The van der Waals surface area contributed by atoms with E-state index in [0.717, 1.165) is 10.5 Å². The summed E-state index contributed by atoms with van der Waals surface area (Å²) in [6, 6.07) is 5.56. The number of hydrogen-bond donors (Lipinski definition) is 1. The van der Waals surface area contributed by atoms with Crippen molar-refractivity contribution in [2.45, 2.75) is 25.7 Å². The predicted molar refractivity (Wildman–Crippen MR) is 88.3 cm³/mol. The van der Waals surface area contributed by atoms with Gasteiger partial charge in [-0.3, -0.25) is 14.7 Å². The second kappa shape index (κ2) is 6.65. The van der Waals surface area contributed by atoms with Crippen LogP contribution in [0.15, 0.2) is 36.5 Å². The van der Waals surface area contributed by atoms with Gasteiger partial charge in [0.25, 0.3) is 0 Å². The molecule has 132 valence electrons. The van der Waals surface area contributed by atoms with Crippen LogP contribution in [0, 0.1) is 6.92 Å². The van der Waals surface area contributed by atoms with Crippen LogP contribution < -0.4 is 5.32 Å². The largest absolute Gasteiger partial charge is 0.408 e. The number of fused-ring (bicyclic) bond motifs is 1. The van der Waals surface area contributed by atoms with Gasteiger partial charge in [0.15, 0.2) is 0 Å². The van der Waals surface area contributed by atoms with E-state index in [2.05, 4.69) is 10.3 Å². The van der Waals surface area contributed by atoms with Crippen LogP contribution in [0.4, 0.5) is 18.9 Å². The van der Waals surface area contributed by atoms with Crippen molar-refractivity contribution in [1.82, 2.24) is 9.88 Å². The van der Waals surface area contributed by atoms with Gasteiger partial charge in [-0.25, -0.2) is 0 Å². The molecule has 25 heavy (non-hydrogen) atoms. The summed E-state index contributed by atoms with van der Waals surface area (Å²) in [6.45, 7) is 1.34. The van der Waals surface area contributed by atoms with E-state index in [1.807, 2.05) is 6.92 Å². The summed E-state index contributed by atoms with van der Waals surface area (Å²) in [5.74, 6) is -0.512. The van der Waals surface area contributed by atoms with Crippen molar-refractivity contribution in [2.75, 3.05) is 11.9 Å². The summed E-state index contributed by atoms with van der Waals surface area (Å²) < 4.78 is 41.5. The third-order valence-electron chi connectivity index (χ3n) is 3.94. The Balaban J connectivity index is 2.05. The molecule has 1 aromatic heterocycles. The molecule has 0 spiro atoms. The molecule has 2 heterocycles. The van der Waals surface area contributed by atoms with Crippen LogP contribution in [0.3, 0.4) is 0 Å². The van der Waals surface area contributed by atoms with Crippen molar-refractivity contribution in [3.8, 4) is 0 Å². The Morgan fingerprint density at radius 3 is 2.72 bits per heavy atom. The number of amides is 1. The highest BCUT2D eigenvalue weighted by atomic mass is 35.5. The van der Waals surface area contributed by atoms with E-state index in [-0.39, 0.29) is 22.8 Å². The lowest BCUT2D eigenvalue weighted by molar-refractivity contribution is -0.187. The molecule has 0 saturated carbocycles. The molecule has 1 aliphatic rings. The summed E-state index contributed by atoms with van der Waals surface area (Å²) in [4.78, 5) is 17.3. The molecule has 1 N–H and O–H groups in total. The van der Waals surface area contributed by atoms with Crippen LogP contribution >= 0.6 is 11.6 Å². The first-order chi connectivity index (χ1) is 11.7. The van der Waals surface area contributed by atoms with Crippen molar-refractivity contribution in [3.63, 3.8) is 0 Å². The fourth-order valence-corrected chi connectivity index (χ4v) is 3.05. The molecule has 1 amide bonds. The minimum absolute atomic E-state index is 0.0713. The molecule has 1 atom stereocenters. The lowest BCUT2D eigenvalue weighted by Gasteiger charge is -2.31. The standard InChI is InChI=1S/C17H15ClF3N3O/c1-10-2-4-12(22-7-10)8-24-9-15(25)23-14-5-3-11(18)6-13(14)16(24)17(19,20)21/h2-7,16H,8-9H2,1H3,(H,23,25). The van der Waals surface area contributed by atoms with Crippen molar-refractivity contribution in [3.05, 3.63) is 58.4 Å². The zero-order chi connectivity index (χ0) is 18.2. The summed E-state index contributed by atoms with van der Waals surface area (Å²) >= 11 is 5.90. The zero-order valence-corrected chi connectivity index (χ0v) is 14.0. The van der Waals surface area contributed by atoms with Crippen molar-refractivity contribution in [1.29, 1.82) is 0 Å². The molecule has 0 radical (unpaired) electrons. The number of pyridine rings is 1. The molecular formula is C17H15ClF3N3O. The first-order valence-electron chi connectivity index (χ1n) is 7.55. The number of carbonyl (C=O) groups excluding carboxylic acids is 1. The number of halogens is 4. The summed E-state index contributed by atoms with van der Waals surface area (Å²) in [5.41, 5.74) is 1.41. The van der Waals surface area contributed by atoms with Crippen LogP contribution in [0.2, 0.25) is 5.02 Å². The number of benzene rings is 1. The topological polar surface area (TPSA) is 45.2 Å². The highest BCUT2D eigenvalue weighted by Gasteiger charge is 2.47. The van der Waals surface area contributed by atoms with Crippen molar-refractivity contribution >= 4 is 23.2 Å². The average molecular weight is 370 g/mol. The Hall–Kier alpha value is -2.12. The molecular weight excluding hydrogens is 355 g/mol.